The zero-order valence-corrected chi connectivity index (χ0v) is 21.3. The number of aromatic hydroxyl groups is 1. The molecule has 2 atom stereocenters. The molecule has 2 aromatic rings. The Balaban J connectivity index is 1.44. The van der Waals surface area contributed by atoms with Gasteiger partial charge in [0.2, 0.25) is 5.91 Å². The van der Waals surface area contributed by atoms with Gasteiger partial charge in [0.05, 0.1) is 43.1 Å². The van der Waals surface area contributed by atoms with Gasteiger partial charge in [-0.3, -0.25) is 14.6 Å². The van der Waals surface area contributed by atoms with Crippen LogP contribution in [0.5, 0.6) is 5.75 Å². The molecule has 7 N–H and O–H groups in total. The number of anilines is 2. The second-order valence-corrected chi connectivity index (χ2v) is 9.95. The lowest BCUT2D eigenvalue weighted by molar-refractivity contribution is -0.137. The maximum absolute atomic E-state index is 12.8. The number of guanidine groups is 1. The lowest BCUT2D eigenvalue weighted by Gasteiger charge is -2.36. The van der Waals surface area contributed by atoms with Crippen molar-refractivity contribution < 1.29 is 24.9 Å². The van der Waals surface area contributed by atoms with Gasteiger partial charge in [0.15, 0.2) is 5.96 Å². The number of β-amino-alcohol motifs (C(OH)–C–C–N with tert-alkyl or cyclic N) is 1. The molecule has 0 bridgehead atoms. The molecule has 0 spiro atoms. The van der Waals surface area contributed by atoms with E-state index in [0.29, 0.717) is 47.3 Å². The third-order valence-corrected chi connectivity index (χ3v) is 6.83. The fourth-order valence-electron chi connectivity index (χ4n) is 4.48. The van der Waals surface area contributed by atoms with Crippen LogP contribution in [0.15, 0.2) is 41.4 Å². The SMILES string of the molecule is N#CC1(c2cc(Cl)cc([C@H](CC(=O)O)NC(=O)CNc3cc(O)cc(NC4=NCC(O)CN4)c3)c2)CCC1. The van der Waals surface area contributed by atoms with Crippen molar-refractivity contribution in [2.24, 2.45) is 4.99 Å². The highest BCUT2D eigenvalue weighted by molar-refractivity contribution is 6.30. The predicted molar refractivity (Wildman–Crippen MR) is 142 cm³/mol. The van der Waals surface area contributed by atoms with Gasteiger partial charge < -0.3 is 36.6 Å². The van der Waals surface area contributed by atoms with E-state index in [2.05, 4.69) is 32.3 Å². The second kappa shape index (κ2) is 11.6. The van der Waals surface area contributed by atoms with E-state index >= 15 is 0 Å². The van der Waals surface area contributed by atoms with Crippen LogP contribution in [0.2, 0.25) is 5.02 Å². The predicted octanol–water partition coefficient (Wildman–Crippen LogP) is 2.47. The van der Waals surface area contributed by atoms with Gasteiger partial charge in [-0.25, -0.2) is 0 Å². The normalized spacial score (nSPS) is 18.6. The number of hydrogen-bond donors (Lipinski definition) is 7. The van der Waals surface area contributed by atoms with Gasteiger partial charge in [0.25, 0.3) is 0 Å². The molecule has 1 saturated carbocycles. The Kier molecular flexibility index (Phi) is 8.24. The number of amides is 1. The quantitative estimate of drug-likeness (QED) is 0.251. The zero-order chi connectivity index (χ0) is 27.3. The lowest BCUT2D eigenvalue weighted by atomic mass is 9.65. The maximum Gasteiger partial charge on any atom is 0.305 e. The van der Waals surface area contributed by atoms with Crippen LogP contribution >= 0.6 is 11.6 Å². The van der Waals surface area contributed by atoms with E-state index in [1.54, 1.807) is 24.3 Å². The van der Waals surface area contributed by atoms with E-state index in [4.69, 9.17) is 11.6 Å². The molecule has 1 aliphatic heterocycles. The molecule has 1 fully saturated rings. The van der Waals surface area contributed by atoms with Crippen molar-refractivity contribution in [1.29, 1.82) is 5.26 Å². The van der Waals surface area contributed by atoms with Gasteiger partial charge in [-0.15, -0.1) is 0 Å². The van der Waals surface area contributed by atoms with Crippen molar-refractivity contribution >= 4 is 40.8 Å². The Labute approximate surface area is 224 Å². The van der Waals surface area contributed by atoms with Crippen molar-refractivity contribution in [3.8, 4) is 11.8 Å². The molecule has 1 aliphatic carbocycles. The molecule has 4 rings (SSSR count). The van der Waals surface area contributed by atoms with Crippen LogP contribution < -0.4 is 21.3 Å². The summed E-state index contributed by atoms with van der Waals surface area (Å²) in [6, 6.07) is 11.2. The summed E-state index contributed by atoms with van der Waals surface area (Å²) in [6.07, 6.45) is 1.41. The van der Waals surface area contributed by atoms with Crippen LogP contribution in [-0.4, -0.2) is 58.9 Å². The number of nitrogens with zero attached hydrogens (tertiary/aromatic N) is 2. The largest absolute Gasteiger partial charge is 0.508 e. The molecule has 38 heavy (non-hydrogen) atoms. The first-order chi connectivity index (χ1) is 18.2. The number of nitrogens with one attached hydrogen (secondary N) is 4. The highest BCUT2D eigenvalue weighted by Gasteiger charge is 2.39. The average Bonchev–Trinajstić information content (AvgIpc) is 2.83. The summed E-state index contributed by atoms with van der Waals surface area (Å²) >= 11 is 6.32. The molecule has 0 aromatic heterocycles. The van der Waals surface area contributed by atoms with E-state index in [1.165, 1.54) is 12.1 Å². The van der Waals surface area contributed by atoms with E-state index in [-0.39, 0.29) is 25.3 Å². The Hall–Kier alpha value is -4.01. The maximum atomic E-state index is 12.8. The minimum Gasteiger partial charge on any atom is -0.508 e. The highest BCUT2D eigenvalue weighted by atomic mass is 35.5. The number of nitriles is 1. The van der Waals surface area contributed by atoms with Gasteiger partial charge >= 0.3 is 5.97 Å². The number of benzene rings is 2. The summed E-state index contributed by atoms with van der Waals surface area (Å²) < 4.78 is 0. The highest BCUT2D eigenvalue weighted by Crippen LogP contribution is 2.44. The van der Waals surface area contributed by atoms with Gasteiger partial charge in [-0.2, -0.15) is 5.26 Å². The number of halogens is 1. The van der Waals surface area contributed by atoms with E-state index in [1.807, 2.05) is 0 Å². The molecule has 11 nitrogen and oxygen atoms in total. The van der Waals surface area contributed by atoms with Crippen molar-refractivity contribution in [2.75, 3.05) is 30.3 Å². The number of aliphatic imine (C=N–C) groups is 1. The molecular weight excluding hydrogens is 512 g/mol. The Morgan fingerprint density at radius 3 is 2.61 bits per heavy atom. The summed E-state index contributed by atoms with van der Waals surface area (Å²) in [4.78, 5) is 28.6. The molecule has 0 saturated heterocycles. The number of aliphatic hydroxyl groups is 1. The number of carbonyl (C=O) groups excluding carboxylic acids is 1. The van der Waals surface area contributed by atoms with Crippen LogP contribution in [0.1, 0.15) is 42.9 Å². The number of aliphatic carboxylic acids is 1. The molecule has 12 heteroatoms. The van der Waals surface area contributed by atoms with Crippen LogP contribution in [-0.2, 0) is 15.0 Å². The molecule has 2 aliphatic rings. The van der Waals surface area contributed by atoms with Crippen LogP contribution in [0, 0.1) is 11.3 Å². The molecular formula is C26H29ClN6O5. The zero-order valence-electron chi connectivity index (χ0n) is 20.5. The summed E-state index contributed by atoms with van der Waals surface area (Å²) in [6.45, 7) is 0.404. The molecule has 0 radical (unpaired) electrons. The molecule has 1 amide bonds. The monoisotopic (exact) mass is 540 g/mol. The van der Waals surface area contributed by atoms with E-state index in [9.17, 15) is 30.2 Å². The number of rotatable bonds is 9. The third kappa shape index (κ3) is 6.65. The van der Waals surface area contributed by atoms with Crippen LogP contribution in [0.3, 0.4) is 0 Å². The first-order valence-electron chi connectivity index (χ1n) is 12.2. The topological polar surface area (TPSA) is 179 Å². The van der Waals surface area contributed by atoms with Gasteiger partial charge in [-0.1, -0.05) is 17.7 Å². The number of carbonyl (C=O) groups is 2. The number of phenols is 1. The average molecular weight is 541 g/mol. The first kappa shape index (κ1) is 27.0. The number of carboxylic acid groups (broad SMARTS) is 1. The fraction of sp³-hybridized carbons (Fsp3) is 0.385. The van der Waals surface area contributed by atoms with Gasteiger partial charge in [0, 0.05) is 35.1 Å². The van der Waals surface area contributed by atoms with Crippen molar-refractivity contribution in [3.05, 3.63) is 52.5 Å². The molecule has 1 unspecified atom stereocenters. The Morgan fingerprint density at radius 2 is 1.97 bits per heavy atom. The van der Waals surface area contributed by atoms with Gasteiger partial charge in [0.1, 0.15) is 5.75 Å². The van der Waals surface area contributed by atoms with Crippen molar-refractivity contribution in [3.63, 3.8) is 0 Å². The Bertz CT molecular complexity index is 1290. The third-order valence-electron chi connectivity index (χ3n) is 6.61. The summed E-state index contributed by atoms with van der Waals surface area (Å²) in [7, 11) is 0. The smallest absolute Gasteiger partial charge is 0.305 e. The number of phenolic OH excluding ortho intramolecular Hbond substituents is 1. The van der Waals surface area contributed by atoms with Crippen LogP contribution in [0.25, 0.3) is 0 Å². The van der Waals surface area contributed by atoms with E-state index in [0.717, 1.165) is 12.0 Å². The minimum atomic E-state index is -1.10. The van der Waals surface area contributed by atoms with Crippen molar-refractivity contribution in [2.45, 2.75) is 43.2 Å². The van der Waals surface area contributed by atoms with Crippen LogP contribution in [0.4, 0.5) is 11.4 Å². The lowest BCUT2D eigenvalue weighted by Crippen LogP contribution is -2.42. The second-order valence-electron chi connectivity index (χ2n) is 9.51. The minimum absolute atomic E-state index is 0.0491. The standard InChI is InChI=1S/C26H29ClN6O5/c27-17-5-15(4-16(6-17)26(14-28)2-1-3-26)22(10-24(37)38)33-23(36)13-29-18-7-19(9-20(34)8-18)32-25-30-11-21(35)12-31-25/h4-9,21-22,29,34-35H,1-3,10-13H2,(H,33,36)(H,37,38)(H2,30,31,32)/t22-/m0/s1. The summed E-state index contributed by atoms with van der Waals surface area (Å²) in [5, 5.41) is 50.8. The Morgan fingerprint density at radius 1 is 1.21 bits per heavy atom. The summed E-state index contributed by atoms with van der Waals surface area (Å²) in [5.41, 5.74) is 1.55. The van der Waals surface area contributed by atoms with Crippen molar-refractivity contribution in [1.82, 2.24) is 10.6 Å². The number of hydrogen-bond acceptors (Lipinski definition) is 9. The molecule has 200 valence electrons. The fourth-order valence-corrected chi connectivity index (χ4v) is 4.72. The molecule has 2 aromatic carbocycles. The molecule has 1 heterocycles. The number of carboxylic acids is 1. The van der Waals surface area contributed by atoms with E-state index < -0.39 is 29.4 Å². The van der Waals surface area contributed by atoms with Gasteiger partial charge in [-0.05, 0) is 48.6 Å². The first-order valence-corrected chi connectivity index (χ1v) is 12.6. The number of aliphatic hydroxyl groups excluding tert-OH is 1. The summed E-state index contributed by atoms with van der Waals surface area (Å²) in [5.74, 6) is -1.17.